The summed E-state index contributed by atoms with van der Waals surface area (Å²) in [6.45, 7) is 2.46. The number of thiophene rings is 1. The fourth-order valence-electron chi connectivity index (χ4n) is 4.48. The minimum absolute atomic E-state index is 0.0758. The first kappa shape index (κ1) is 16.5. The largest absolute Gasteiger partial charge is 0.361 e. The molecule has 2 heterocycles. The molecule has 5 rings (SSSR count). The van der Waals surface area contributed by atoms with Crippen molar-refractivity contribution in [3.8, 4) is 0 Å². The molecule has 2 aromatic heterocycles. The van der Waals surface area contributed by atoms with Gasteiger partial charge in [0.2, 0.25) is 0 Å². The van der Waals surface area contributed by atoms with E-state index in [9.17, 15) is 0 Å². The van der Waals surface area contributed by atoms with E-state index in [-0.39, 0.29) is 5.41 Å². The van der Waals surface area contributed by atoms with Gasteiger partial charge in [0.1, 0.15) is 0 Å². The fraction of sp³-hybridized carbons (Fsp3) is 0.304. The van der Waals surface area contributed by atoms with Crippen molar-refractivity contribution < 1.29 is 0 Å². The van der Waals surface area contributed by atoms with Crippen molar-refractivity contribution in [3.63, 3.8) is 0 Å². The highest BCUT2D eigenvalue weighted by atomic mass is 32.2. The van der Waals surface area contributed by atoms with Crippen LogP contribution in [0.2, 0.25) is 0 Å². The van der Waals surface area contributed by atoms with Crippen molar-refractivity contribution in [2.24, 2.45) is 5.92 Å². The molecule has 0 radical (unpaired) electrons. The van der Waals surface area contributed by atoms with Gasteiger partial charge in [-0.1, -0.05) is 31.2 Å². The number of thioether (sulfide) groups is 1. The maximum atomic E-state index is 3.62. The SMILES string of the molecule is CSCc1cccc2c(C(C)(c3ccc4sccc4c3)C3CC3)c[nH]c12. The second-order valence-electron chi connectivity index (χ2n) is 7.62. The molecular weight excluding hydrogens is 354 g/mol. The van der Waals surface area contributed by atoms with Crippen LogP contribution in [0, 0.1) is 5.92 Å². The van der Waals surface area contributed by atoms with Gasteiger partial charge in [-0.15, -0.1) is 11.3 Å². The summed E-state index contributed by atoms with van der Waals surface area (Å²) in [4.78, 5) is 3.62. The van der Waals surface area contributed by atoms with Gasteiger partial charge in [0, 0.05) is 33.0 Å². The molecule has 0 spiro atoms. The topological polar surface area (TPSA) is 15.8 Å². The fourth-order valence-corrected chi connectivity index (χ4v) is 5.81. The third-order valence-electron chi connectivity index (χ3n) is 6.11. The van der Waals surface area contributed by atoms with E-state index in [2.05, 4.69) is 72.2 Å². The molecule has 1 fully saturated rings. The Morgan fingerprint density at radius 1 is 1.19 bits per heavy atom. The van der Waals surface area contributed by atoms with Crippen molar-refractivity contribution in [2.45, 2.75) is 30.9 Å². The molecule has 26 heavy (non-hydrogen) atoms. The highest BCUT2D eigenvalue weighted by Crippen LogP contribution is 2.53. The average Bonchev–Trinajstić information content (AvgIpc) is 3.25. The van der Waals surface area contributed by atoms with Gasteiger partial charge in [-0.05, 0) is 70.7 Å². The number of fused-ring (bicyclic) bond motifs is 2. The number of nitrogens with one attached hydrogen (secondary N) is 1. The number of benzene rings is 2. The Morgan fingerprint density at radius 3 is 2.88 bits per heavy atom. The third-order valence-corrected chi connectivity index (χ3v) is 7.60. The molecule has 4 aromatic rings. The van der Waals surface area contributed by atoms with E-state index in [0.29, 0.717) is 0 Å². The minimum atomic E-state index is 0.0758. The molecule has 1 atom stereocenters. The van der Waals surface area contributed by atoms with Crippen LogP contribution in [0.1, 0.15) is 36.5 Å². The number of para-hydroxylation sites is 1. The third kappa shape index (κ3) is 2.44. The Kier molecular flexibility index (Phi) is 3.91. The lowest BCUT2D eigenvalue weighted by atomic mass is 9.72. The van der Waals surface area contributed by atoms with Gasteiger partial charge in [-0.25, -0.2) is 0 Å². The summed E-state index contributed by atoms with van der Waals surface area (Å²) in [5.41, 5.74) is 5.73. The van der Waals surface area contributed by atoms with Gasteiger partial charge < -0.3 is 4.98 Å². The number of rotatable bonds is 5. The minimum Gasteiger partial charge on any atom is -0.361 e. The van der Waals surface area contributed by atoms with E-state index in [1.807, 2.05) is 23.1 Å². The van der Waals surface area contributed by atoms with Crippen LogP contribution in [-0.2, 0) is 11.2 Å². The first-order valence-electron chi connectivity index (χ1n) is 9.28. The molecule has 1 N–H and O–H groups in total. The molecule has 132 valence electrons. The summed E-state index contributed by atoms with van der Waals surface area (Å²) >= 11 is 3.71. The molecule has 1 aliphatic carbocycles. The second kappa shape index (κ2) is 6.17. The van der Waals surface area contributed by atoms with Crippen molar-refractivity contribution in [2.75, 3.05) is 6.26 Å². The van der Waals surface area contributed by atoms with Crippen LogP contribution < -0.4 is 0 Å². The molecule has 3 heteroatoms. The summed E-state index contributed by atoms with van der Waals surface area (Å²) in [5, 5.41) is 4.97. The molecule has 0 aliphatic heterocycles. The Hall–Kier alpha value is -1.71. The Labute approximate surface area is 162 Å². The zero-order valence-corrected chi connectivity index (χ0v) is 16.8. The number of H-pyrrole nitrogens is 1. The van der Waals surface area contributed by atoms with Gasteiger partial charge in [-0.2, -0.15) is 11.8 Å². The first-order valence-corrected chi connectivity index (χ1v) is 11.6. The zero-order valence-electron chi connectivity index (χ0n) is 15.2. The Morgan fingerprint density at radius 2 is 2.08 bits per heavy atom. The molecule has 0 bridgehead atoms. The summed E-state index contributed by atoms with van der Waals surface area (Å²) in [6.07, 6.45) is 7.11. The van der Waals surface area contributed by atoms with Crippen LogP contribution in [0.3, 0.4) is 0 Å². The summed E-state index contributed by atoms with van der Waals surface area (Å²) in [5.74, 6) is 1.79. The molecule has 2 aromatic carbocycles. The van der Waals surface area contributed by atoms with Crippen molar-refractivity contribution in [3.05, 3.63) is 70.7 Å². The maximum absolute atomic E-state index is 3.62. The van der Waals surface area contributed by atoms with Crippen LogP contribution in [0.5, 0.6) is 0 Å². The van der Waals surface area contributed by atoms with Crippen LogP contribution in [0.25, 0.3) is 21.0 Å². The highest BCUT2D eigenvalue weighted by Gasteiger charge is 2.45. The maximum Gasteiger partial charge on any atom is 0.0498 e. The smallest absolute Gasteiger partial charge is 0.0498 e. The second-order valence-corrected chi connectivity index (χ2v) is 9.44. The average molecular weight is 378 g/mol. The standard InChI is InChI=1S/C23H23NS2/c1-23(17-6-7-17,18-8-9-21-15(12-18)10-11-26-21)20-13-24-22-16(14-25-2)4-3-5-19(20)22/h3-5,8-13,17,24H,6-7,14H2,1-2H3. The predicted molar refractivity (Wildman–Crippen MR) is 117 cm³/mol. The molecule has 1 aliphatic rings. The van der Waals surface area contributed by atoms with Gasteiger partial charge in [-0.3, -0.25) is 0 Å². The van der Waals surface area contributed by atoms with Crippen LogP contribution in [0.15, 0.2) is 54.0 Å². The van der Waals surface area contributed by atoms with Crippen molar-refractivity contribution >= 4 is 44.1 Å². The normalized spacial score (nSPS) is 17.0. The Balaban J connectivity index is 1.72. The quantitative estimate of drug-likeness (QED) is 0.397. The van der Waals surface area contributed by atoms with Gasteiger partial charge in [0.15, 0.2) is 0 Å². The summed E-state index contributed by atoms with van der Waals surface area (Å²) in [6, 6.07) is 16.1. The molecule has 0 amide bonds. The van der Waals surface area contributed by atoms with E-state index in [1.165, 1.54) is 50.5 Å². The number of aromatic nitrogens is 1. The molecule has 0 saturated heterocycles. The van der Waals surface area contributed by atoms with E-state index in [1.54, 1.807) is 0 Å². The lowest BCUT2D eigenvalue weighted by Crippen LogP contribution is -2.26. The number of hydrogen-bond acceptors (Lipinski definition) is 2. The van der Waals surface area contributed by atoms with E-state index in [0.717, 1.165) is 11.7 Å². The van der Waals surface area contributed by atoms with Crippen molar-refractivity contribution in [1.82, 2.24) is 4.98 Å². The van der Waals surface area contributed by atoms with Gasteiger partial charge in [0.05, 0.1) is 0 Å². The Bertz CT molecular complexity index is 1090. The van der Waals surface area contributed by atoms with Gasteiger partial charge in [0.25, 0.3) is 0 Å². The lowest BCUT2D eigenvalue weighted by molar-refractivity contribution is 0.499. The van der Waals surface area contributed by atoms with Crippen LogP contribution in [-0.4, -0.2) is 11.2 Å². The molecule has 1 saturated carbocycles. The summed E-state index contributed by atoms with van der Waals surface area (Å²) in [7, 11) is 0. The van der Waals surface area contributed by atoms with E-state index in [4.69, 9.17) is 0 Å². The molecule has 1 unspecified atom stereocenters. The van der Waals surface area contributed by atoms with Crippen LogP contribution in [0.4, 0.5) is 0 Å². The highest BCUT2D eigenvalue weighted by molar-refractivity contribution is 7.97. The number of aromatic amines is 1. The monoisotopic (exact) mass is 377 g/mol. The first-order chi connectivity index (χ1) is 12.7. The van der Waals surface area contributed by atoms with Crippen molar-refractivity contribution in [1.29, 1.82) is 0 Å². The molecular formula is C23H23NS2. The summed E-state index contributed by atoms with van der Waals surface area (Å²) < 4.78 is 1.38. The van der Waals surface area contributed by atoms with E-state index < -0.39 is 0 Å². The number of hydrogen-bond donors (Lipinski definition) is 1. The van der Waals surface area contributed by atoms with E-state index >= 15 is 0 Å². The zero-order chi connectivity index (χ0) is 17.7. The predicted octanol–water partition coefficient (Wildman–Crippen LogP) is 6.96. The lowest BCUT2D eigenvalue weighted by Gasteiger charge is -2.31. The molecule has 1 nitrogen and oxygen atoms in total. The van der Waals surface area contributed by atoms with Gasteiger partial charge >= 0.3 is 0 Å². The van der Waals surface area contributed by atoms with Crippen LogP contribution >= 0.6 is 23.1 Å².